The summed E-state index contributed by atoms with van der Waals surface area (Å²) in [5, 5.41) is 15.5. The fourth-order valence-electron chi connectivity index (χ4n) is 0.671. The molecule has 0 bridgehead atoms. The van der Waals surface area contributed by atoms with Gasteiger partial charge in [-0.1, -0.05) is 0 Å². The lowest BCUT2D eigenvalue weighted by molar-refractivity contribution is 0.174. The molecule has 0 saturated heterocycles. The second kappa shape index (κ2) is 3.74. The van der Waals surface area contributed by atoms with E-state index in [0.29, 0.717) is 12.2 Å². The van der Waals surface area contributed by atoms with Gasteiger partial charge in [0.1, 0.15) is 12.4 Å². The Morgan fingerprint density at radius 1 is 1.82 bits per heavy atom. The molecule has 11 heavy (non-hydrogen) atoms. The molecule has 1 rings (SSSR count). The third-order valence-corrected chi connectivity index (χ3v) is 1.22. The summed E-state index contributed by atoms with van der Waals surface area (Å²) in [5.41, 5.74) is 0. The highest BCUT2D eigenvalue weighted by Crippen LogP contribution is 2.08. The summed E-state index contributed by atoms with van der Waals surface area (Å²) in [4.78, 5) is 3.78. The van der Waals surface area contributed by atoms with Crippen LogP contribution in [-0.4, -0.2) is 20.3 Å². The van der Waals surface area contributed by atoms with Crippen LogP contribution in [0.25, 0.3) is 0 Å². The lowest BCUT2D eigenvalue weighted by Crippen LogP contribution is -1.98. The number of hydrogen-bond donors (Lipinski definition) is 2. The maximum absolute atomic E-state index is 9.30. The second-order valence-electron chi connectivity index (χ2n) is 2.02. The van der Waals surface area contributed by atoms with Crippen molar-refractivity contribution in [1.82, 2.24) is 15.2 Å². The van der Waals surface area contributed by atoms with E-state index in [-0.39, 0.29) is 0 Å². The number of nitrogens with zero attached hydrogens (tertiary/aromatic N) is 2. The summed E-state index contributed by atoms with van der Waals surface area (Å²) < 4.78 is 0. The normalized spacial score (nSPS) is 11.8. The fourth-order valence-corrected chi connectivity index (χ4v) is 0.671. The third kappa shape index (κ3) is 2.06. The molecule has 58 valence electrons. The summed E-state index contributed by atoms with van der Waals surface area (Å²) >= 11 is 0. The molecule has 4 heteroatoms. The Bertz CT molecular complexity index is 257. The molecule has 1 aromatic rings. The van der Waals surface area contributed by atoms with Crippen LogP contribution in [0.1, 0.15) is 25.3 Å². The number of hydrogen-bond acceptors (Lipinski definition) is 3. The lowest BCUT2D eigenvalue weighted by Gasteiger charge is -1.99. The van der Waals surface area contributed by atoms with Crippen LogP contribution in [0.4, 0.5) is 0 Å². The summed E-state index contributed by atoms with van der Waals surface area (Å²) in [6.07, 6.45) is 1.11. The molecule has 0 aliphatic rings. The first-order valence-electron chi connectivity index (χ1n) is 3.27. The van der Waals surface area contributed by atoms with Gasteiger partial charge in [0.05, 0.1) is 0 Å². The van der Waals surface area contributed by atoms with E-state index in [2.05, 4.69) is 27.0 Å². The van der Waals surface area contributed by atoms with Crippen LogP contribution >= 0.6 is 0 Å². The molecule has 0 radical (unpaired) electrons. The predicted octanol–water partition coefficient (Wildman–Crippen LogP) is 0.251. The largest absolute Gasteiger partial charge is 0.384 e. The zero-order chi connectivity index (χ0) is 8.10. The standard InChI is InChI=1S/C7H9N3O/c1-2-3-4-6(11)7-8-5-9-10-7/h5-6,11H,4H2,1H3,(H,8,9,10). The number of aromatic nitrogens is 3. The van der Waals surface area contributed by atoms with Gasteiger partial charge in [0, 0.05) is 6.42 Å². The van der Waals surface area contributed by atoms with Crippen LogP contribution in [-0.2, 0) is 0 Å². The Kier molecular flexibility index (Phi) is 2.64. The smallest absolute Gasteiger partial charge is 0.154 e. The maximum Gasteiger partial charge on any atom is 0.154 e. The van der Waals surface area contributed by atoms with Crippen LogP contribution < -0.4 is 0 Å². The third-order valence-electron chi connectivity index (χ3n) is 1.22. The van der Waals surface area contributed by atoms with Crippen molar-refractivity contribution >= 4 is 0 Å². The first-order valence-corrected chi connectivity index (χ1v) is 3.27. The van der Waals surface area contributed by atoms with Crippen molar-refractivity contribution in [2.24, 2.45) is 0 Å². The van der Waals surface area contributed by atoms with Gasteiger partial charge in [-0.15, -0.1) is 11.8 Å². The fraction of sp³-hybridized carbons (Fsp3) is 0.429. The lowest BCUT2D eigenvalue weighted by atomic mass is 10.2. The summed E-state index contributed by atoms with van der Waals surface area (Å²) in [5.74, 6) is 5.90. The van der Waals surface area contributed by atoms with E-state index in [9.17, 15) is 5.11 Å². The van der Waals surface area contributed by atoms with E-state index < -0.39 is 6.10 Å². The van der Waals surface area contributed by atoms with Gasteiger partial charge >= 0.3 is 0 Å². The predicted molar refractivity (Wildman–Crippen MR) is 39.4 cm³/mol. The van der Waals surface area contributed by atoms with E-state index in [1.54, 1.807) is 6.92 Å². The monoisotopic (exact) mass is 151 g/mol. The van der Waals surface area contributed by atoms with Crippen LogP contribution in [0.3, 0.4) is 0 Å². The zero-order valence-electron chi connectivity index (χ0n) is 6.20. The molecular formula is C7H9N3O. The van der Waals surface area contributed by atoms with Gasteiger partial charge < -0.3 is 5.11 Å². The Labute approximate surface area is 64.7 Å². The van der Waals surface area contributed by atoms with Gasteiger partial charge in [0.15, 0.2) is 5.82 Å². The number of aliphatic hydroxyl groups excluding tert-OH is 1. The number of aromatic amines is 1. The van der Waals surface area contributed by atoms with Crippen molar-refractivity contribution < 1.29 is 5.11 Å². The van der Waals surface area contributed by atoms with Crippen molar-refractivity contribution in [1.29, 1.82) is 0 Å². The van der Waals surface area contributed by atoms with Crippen LogP contribution in [0.15, 0.2) is 6.33 Å². The van der Waals surface area contributed by atoms with E-state index in [4.69, 9.17) is 0 Å². The first-order chi connectivity index (χ1) is 5.34. The van der Waals surface area contributed by atoms with Gasteiger partial charge in [0.25, 0.3) is 0 Å². The van der Waals surface area contributed by atoms with Gasteiger partial charge in [0.2, 0.25) is 0 Å². The Hall–Kier alpha value is -1.34. The van der Waals surface area contributed by atoms with E-state index >= 15 is 0 Å². The molecule has 0 aromatic carbocycles. The molecular weight excluding hydrogens is 142 g/mol. The highest BCUT2D eigenvalue weighted by atomic mass is 16.3. The molecule has 1 unspecified atom stereocenters. The van der Waals surface area contributed by atoms with Crippen LogP contribution in [0.2, 0.25) is 0 Å². The average Bonchev–Trinajstić information content (AvgIpc) is 2.52. The molecule has 0 spiro atoms. The van der Waals surface area contributed by atoms with Crippen molar-refractivity contribution in [2.75, 3.05) is 0 Å². The Balaban J connectivity index is 2.53. The second-order valence-corrected chi connectivity index (χ2v) is 2.02. The Morgan fingerprint density at radius 2 is 2.64 bits per heavy atom. The van der Waals surface area contributed by atoms with Gasteiger partial charge in [-0.2, -0.15) is 5.10 Å². The molecule has 0 fully saturated rings. The van der Waals surface area contributed by atoms with Crippen molar-refractivity contribution in [3.63, 3.8) is 0 Å². The van der Waals surface area contributed by atoms with Crippen LogP contribution in [0, 0.1) is 11.8 Å². The molecule has 0 amide bonds. The van der Waals surface area contributed by atoms with Crippen LogP contribution in [0.5, 0.6) is 0 Å². The van der Waals surface area contributed by atoms with Gasteiger partial charge in [-0.05, 0) is 6.92 Å². The topological polar surface area (TPSA) is 61.8 Å². The minimum Gasteiger partial charge on any atom is -0.384 e. The number of aliphatic hydroxyl groups is 1. The van der Waals surface area contributed by atoms with Crippen molar-refractivity contribution in [2.45, 2.75) is 19.4 Å². The molecule has 0 aliphatic heterocycles. The van der Waals surface area contributed by atoms with E-state index in [1.807, 2.05) is 0 Å². The number of H-pyrrole nitrogens is 1. The molecule has 2 N–H and O–H groups in total. The molecule has 0 aliphatic carbocycles. The molecule has 1 heterocycles. The quantitative estimate of drug-likeness (QED) is 0.595. The Morgan fingerprint density at radius 3 is 3.18 bits per heavy atom. The summed E-state index contributed by atoms with van der Waals surface area (Å²) in [6, 6.07) is 0. The van der Waals surface area contributed by atoms with E-state index in [1.165, 1.54) is 6.33 Å². The summed E-state index contributed by atoms with van der Waals surface area (Å²) in [6.45, 7) is 1.73. The average molecular weight is 151 g/mol. The minimum absolute atomic E-state index is 0.395. The maximum atomic E-state index is 9.30. The molecule has 1 atom stereocenters. The molecule has 1 aromatic heterocycles. The van der Waals surface area contributed by atoms with Crippen molar-refractivity contribution in [3.05, 3.63) is 12.2 Å². The highest BCUT2D eigenvalue weighted by Gasteiger charge is 2.07. The number of rotatable bonds is 2. The first kappa shape index (κ1) is 7.76. The molecule has 0 saturated carbocycles. The van der Waals surface area contributed by atoms with Gasteiger partial charge in [-0.3, -0.25) is 5.10 Å². The SMILES string of the molecule is CC#CCC(O)c1ncn[nH]1. The number of nitrogens with one attached hydrogen (secondary N) is 1. The highest BCUT2D eigenvalue weighted by molar-refractivity contribution is 5.00. The van der Waals surface area contributed by atoms with Gasteiger partial charge in [-0.25, -0.2) is 4.98 Å². The minimum atomic E-state index is -0.648. The molecule has 4 nitrogen and oxygen atoms in total. The van der Waals surface area contributed by atoms with Crippen molar-refractivity contribution in [3.8, 4) is 11.8 Å². The van der Waals surface area contributed by atoms with E-state index in [0.717, 1.165) is 0 Å². The zero-order valence-corrected chi connectivity index (χ0v) is 6.20. The summed E-state index contributed by atoms with van der Waals surface area (Å²) in [7, 11) is 0.